The maximum absolute atomic E-state index is 11.2. The van der Waals surface area contributed by atoms with E-state index in [1.807, 2.05) is 0 Å². The highest BCUT2D eigenvalue weighted by Gasteiger charge is 2.27. The van der Waals surface area contributed by atoms with E-state index >= 15 is 0 Å². The quantitative estimate of drug-likeness (QED) is 0.259. The van der Waals surface area contributed by atoms with Gasteiger partial charge in [-0.05, 0) is 38.3 Å². The number of rotatable bonds is 18. The summed E-state index contributed by atoms with van der Waals surface area (Å²) in [4.78, 5) is 15.4. The van der Waals surface area contributed by atoms with Crippen molar-refractivity contribution in [3.8, 4) is 0 Å². The molecule has 0 bridgehead atoms. The summed E-state index contributed by atoms with van der Waals surface area (Å²) in [5.41, 5.74) is 0. The van der Waals surface area contributed by atoms with Gasteiger partial charge in [0.15, 0.2) is 0 Å². The smallest absolute Gasteiger partial charge is 0.407 e. The molecular formula is C24H48N2O2. The molecule has 0 aliphatic carbocycles. The second kappa shape index (κ2) is 17.1. The van der Waals surface area contributed by atoms with Crippen molar-refractivity contribution < 1.29 is 9.90 Å². The minimum Gasteiger partial charge on any atom is -0.465 e. The zero-order chi connectivity index (χ0) is 20.5. The van der Waals surface area contributed by atoms with Gasteiger partial charge in [0.05, 0.1) is 0 Å². The summed E-state index contributed by atoms with van der Waals surface area (Å²) in [5, 5.41) is 9.20. The van der Waals surface area contributed by atoms with Crippen LogP contribution in [0.1, 0.15) is 110 Å². The van der Waals surface area contributed by atoms with Gasteiger partial charge >= 0.3 is 6.09 Å². The SMILES string of the molecule is CCCCCCCCCN(CCCCCCCCC)C[C@@H]1CCN(C(=O)O)C1. The van der Waals surface area contributed by atoms with Crippen molar-refractivity contribution in [2.45, 2.75) is 110 Å². The molecule has 1 rings (SSSR count). The van der Waals surface area contributed by atoms with Crippen LogP contribution in [0.5, 0.6) is 0 Å². The van der Waals surface area contributed by atoms with Crippen LogP contribution in [-0.4, -0.2) is 53.7 Å². The number of nitrogens with zero attached hydrogens (tertiary/aromatic N) is 2. The third-order valence-corrected chi connectivity index (χ3v) is 6.23. The van der Waals surface area contributed by atoms with Gasteiger partial charge in [0.1, 0.15) is 0 Å². The highest BCUT2D eigenvalue weighted by atomic mass is 16.4. The lowest BCUT2D eigenvalue weighted by Crippen LogP contribution is -2.34. The fourth-order valence-corrected chi connectivity index (χ4v) is 4.40. The molecule has 1 fully saturated rings. The van der Waals surface area contributed by atoms with Crippen LogP contribution in [0.15, 0.2) is 0 Å². The molecular weight excluding hydrogens is 348 g/mol. The predicted molar refractivity (Wildman–Crippen MR) is 120 cm³/mol. The van der Waals surface area contributed by atoms with E-state index in [1.54, 1.807) is 4.90 Å². The van der Waals surface area contributed by atoms with E-state index in [9.17, 15) is 9.90 Å². The first kappa shape index (κ1) is 25.3. The van der Waals surface area contributed by atoms with E-state index in [-0.39, 0.29) is 0 Å². The van der Waals surface area contributed by atoms with Gasteiger partial charge in [0.25, 0.3) is 0 Å². The van der Waals surface area contributed by atoms with Gasteiger partial charge in [0, 0.05) is 19.6 Å². The molecule has 1 aliphatic rings. The highest BCUT2D eigenvalue weighted by molar-refractivity contribution is 5.65. The first-order valence-electron chi connectivity index (χ1n) is 12.4. The van der Waals surface area contributed by atoms with Crippen molar-refractivity contribution in [3.63, 3.8) is 0 Å². The zero-order valence-corrected chi connectivity index (χ0v) is 19.0. The Morgan fingerprint density at radius 2 is 1.29 bits per heavy atom. The maximum atomic E-state index is 11.2. The largest absolute Gasteiger partial charge is 0.465 e. The molecule has 1 heterocycles. The van der Waals surface area contributed by atoms with E-state index in [1.165, 1.54) is 103 Å². The van der Waals surface area contributed by atoms with Crippen LogP contribution < -0.4 is 0 Å². The lowest BCUT2D eigenvalue weighted by molar-refractivity contribution is 0.151. The minimum atomic E-state index is -0.742. The first-order chi connectivity index (χ1) is 13.7. The third kappa shape index (κ3) is 12.6. The van der Waals surface area contributed by atoms with Crippen molar-refractivity contribution in [1.29, 1.82) is 0 Å². The van der Waals surface area contributed by atoms with Gasteiger partial charge in [-0.3, -0.25) is 0 Å². The van der Waals surface area contributed by atoms with E-state index < -0.39 is 6.09 Å². The second-order valence-corrected chi connectivity index (χ2v) is 8.93. The van der Waals surface area contributed by atoms with Crippen molar-refractivity contribution in [1.82, 2.24) is 9.80 Å². The van der Waals surface area contributed by atoms with E-state index in [0.29, 0.717) is 5.92 Å². The van der Waals surface area contributed by atoms with Gasteiger partial charge in [-0.1, -0.05) is 90.9 Å². The predicted octanol–water partition coefficient (Wildman–Crippen LogP) is 6.79. The van der Waals surface area contributed by atoms with Gasteiger partial charge in [-0.15, -0.1) is 0 Å². The van der Waals surface area contributed by atoms with Crippen LogP contribution in [0.25, 0.3) is 0 Å². The van der Waals surface area contributed by atoms with Crippen molar-refractivity contribution in [3.05, 3.63) is 0 Å². The Kier molecular flexibility index (Phi) is 15.4. The molecule has 0 aromatic carbocycles. The minimum absolute atomic E-state index is 0.533. The summed E-state index contributed by atoms with van der Waals surface area (Å²) in [6, 6.07) is 0. The molecule has 1 atom stereocenters. The number of carbonyl (C=O) groups is 1. The molecule has 0 unspecified atom stereocenters. The number of likely N-dealkylation sites (tertiary alicyclic amines) is 1. The molecule has 0 saturated carbocycles. The number of amides is 1. The summed E-state index contributed by atoms with van der Waals surface area (Å²) in [7, 11) is 0. The molecule has 1 aliphatic heterocycles. The summed E-state index contributed by atoms with van der Waals surface area (Å²) >= 11 is 0. The third-order valence-electron chi connectivity index (χ3n) is 6.23. The Morgan fingerprint density at radius 3 is 1.71 bits per heavy atom. The zero-order valence-electron chi connectivity index (χ0n) is 19.0. The summed E-state index contributed by atoms with van der Waals surface area (Å²) < 4.78 is 0. The Bertz CT molecular complexity index is 358. The average molecular weight is 397 g/mol. The lowest BCUT2D eigenvalue weighted by Gasteiger charge is -2.25. The van der Waals surface area contributed by atoms with Crippen molar-refractivity contribution in [2.24, 2.45) is 5.92 Å². The maximum Gasteiger partial charge on any atom is 0.407 e. The van der Waals surface area contributed by atoms with E-state index in [4.69, 9.17) is 0 Å². The van der Waals surface area contributed by atoms with Crippen LogP contribution in [0.2, 0.25) is 0 Å². The molecule has 0 aromatic heterocycles. The summed E-state index contributed by atoms with van der Waals surface area (Å²) in [6.45, 7) is 9.50. The number of hydrogen-bond donors (Lipinski definition) is 1. The first-order valence-corrected chi connectivity index (χ1v) is 12.4. The number of hydrogen-bond acceptors (Lipinski definition) is 2. The molecule has 4 heteroatoms. The van der Waals surface area contributed by atoms with Crippen LogP contribution in [0.3, 0.4) is 0 Å². The van der Waals surface area contributed by atoms with Crippen LogP contribution in [0.4, 0.5) is 4.79 Å². The number of unbranched alkanes of at least 4 members (excludes halogenated alkanes) is 12. The van der Waals surface area contributed by atoms with Gasteiger partial charge in [0.2, 0.25) is 0 Å². The van der Waals surface area contributed by atoms with Crippen molar-refractivity contribution >= 4 is 6.09 Å². The Balaban J connectivity index is 2.24. The fourth-order valence-electron chi connectivity index (χ4n) is 4.40. The second-order valence-electron chi connectivity index (χ2n) is 8.93. The number of carboxylic acid groups (broad SMARTS) is 1. The molecule has 0 radical (unpaired) electrons. The Labute approximate surface area is 175 Å². The standard InChI is InChI=1S/C24H48N2O2/c1-3-5-7-9-11-13-15-18-25(19-16-14-12-10-8-6-4-2)21-23-17-20-26(22-23)24(27)28/h23H,3-22H2,1-2H3,(H,27,28)/t23-/m0/s1. The van der Waals surface area contributed by atoms with E-state index in [0.717, 1.165) is 26.1 Å². The van der Waals surface area contributed by atoms with E-state index in [2.05, 4.69) is 18.7 Å². The topological polar surface area (TPSA) is 43.8 Å². The fraction of sp³-hybridized carbons (Fsp3) is 0.958. The Morgan fingerprint density at radius 1 is 0.821 bits per heavy atom. The van der Waals surface area contributed by atoms with Gasteiger partial charge in [-0.25, -0.2) is 4.79 Å². The van der Waals surface area contributed by atoms with Crippen LogP contribution >= 0.6 is 0 Å². The molecule has 4 nitrogen and oxygen atoms in total. The average Bonchev–Trinajstić information content (AvgIpc) is 3.15. The summed E-state index contributed by atoms with van der Waals surface area (Å²) in [6.07, 6.45) is 19.3. The molecule has 1 saturated heterocycles. The summed E-state index contributed by atoms with van der Waals surface area (Å²) in [5.74, 6) is 0.533. The molecule has 0 spiro atoms. The van der Waals surface area contributed by atoms with Crippen LogP contribution in [0, 0.1) is 5.92 Å². The van der Waals surface area contributed by atoms with Crippen LogP contribution in [-0.2, 0) is 0 Å². The molecule has 166 valence electrons. The van der Waals surface area contributed by atoms with Crippen molar-refractivity contribution in [2.75, 3.05) is 32.7 Å². The molecule has 1 N–H and O–H groups in total. The molecule has 28 heavy (non-hydrogen) atoms. The highest BCUT2D eigenvalue weighted by Crippen LogP contribution is 2.19. The molecule has 1 amide bonds. The molecule has 0 aromatic rings. The monoisotopic (exact) mass is 396 g/mol. The van der Waals surface area contributed by atoms with Gasteiger partial charge in [-0.2, -0.15) is 0 Å². The Hall–Kier alpha value is -0.770. The van der Waals surface area contributed by atoms with Gasteiger partial charge < -0.3 is 14.9 Å². The lowest BCUT2D eigenvalue weighted by atomic mass is 10.1. The normalized spacial score (nSPS) is 17.0.